The third-order valence-electron chi connectivity index (χ3n) is 3.29. The fourth-order valence-corrected chi connectivity index (χ4v) is 2.97. The quantitative estimate of drug-likeness (QED) is 0.502. The van der Waals surface area contributed by atoms with Crippen LogP contribution in [-0.4, -0.2) is 9.97 Å². The van der Waals surface area contributed by atoms with Crippen molar-refractivity contribution >= 4 is 17.6 Å². The van der Waals surface area contributed by atoms with Crippen LogP contribution in [0, 0.1) is 6.92 Å². The van der Waals surface area contributed by atoms with E-state index in [2.05, 4.69) is 46.6 Å². The minimum absolute atomic E-state index is 0.604. The van der Waals surface area contributed by atoms with Crippen molar-refractivity contribution in [2.75, 3.05) is 5.43 Å². The average Bonchev–Trinajstić information content (AvgIpc) is 3.29. The van der Waals surface area contributed by atoms with Crippen molar-refractivity contribution < 1.29 is 0 Å². The van der Waals surface area contributed by atoms with Crippen LogP contribution in [-0.2, 0) is 5.75 Å². The van der Waals surface area contributed by atoms with E-state index in [1.165, 1.54) is 23.3 Å². The lowest BCUT2D eigenvalue weighted by atomic mass is 10.2. The number of aryl methyl sites for hydroxylation is 1. The number of hydrazine groups is 1. The number of anilines is 1. The monoisotopic (exact) mass is 286 g/mol. The molecule has 1 aliphatic carbocycles. The molecular weight excluding hydrogens is 268 g/mol. The van der Waals surface area contributed by atoms with Gasteiger partial charge < -0.3 is 5.43 Å². The second kappa shape index (κ2) is 5.81. The summed E-state index contributed by atoms with van der Waals surface area (Å²) in [6, 6.07) is 10.4. The number of nitrogens with one attached hydrogen (secondary N) is 1. The topological polar surface area (TPSA) is 63.8 Å². The third-order valence-corrected chi connectivity index (χ3v) is 4.28. The summed E-state index contributed by atoms with van der Waals surface area (Å²) >= 11 is 1.75. The first-order chi connectivity index (χ1) is 9.74. The Balaban J connectivity index is 1.74. The summed E-state index contributed by atoms with van der Waals surface area (Å²) in [5, 5.41) is 0. The standard InChI is InChI=1S/C15H18N4S/c1-10-3-2-4-12(7-10)20-9-15-17-13(11-5-6-11)8-14(18-15)19-16/h2-4,7-8,11H,5-6,9,16H2,1H3,(H,17,18,19). The van der Waals surface area contributed by atoms with Crippen molar-refractivity contribution in [2.24, 2.45) is 5.84 Å². The fourth-order valence-electron chi connectivity index (χ4n) is 2.10. The molecule has 1 saturated carbocycles. The molecule has 104 valence electrons. The maximum Gasteiger partial charge on any atom is 0.143 e. The van der Waals surface area contributed by atoms with Gasteiger partial charge in [-0.2, -0.15) is 0 Å². The van der Waals surface area contributed by atoms with Crippen LogP contribution in [0.2, 0.25) is 0 Å². The van der Waals surface area contributed by atoms with Gasteiger partial charge in [-0.3, -0.25) is 0 Å². The number of thioether (sulfide) groups is 1. The Bertz CT molecular complexity index is 611. The first kappa shape index (κ1) is 13.4. The lowest BCUT2D eigenvalue weighted by Gasteiger charge is -2.07. The van der Waals surface area contributed by atoms with Crippen LogP contribution >= 0.6 is 11.8 Å². The molecule has 2 aromatic rings. The Labute approximate surface area is 123 Å². The Kier molecular flexibility index (Phi) is 3.89. The van der Waals surface area contributed by atoms with Crippen molar-refractivity contribution in [3.8, 4) is 0 Å². The van der Waals surface area contributed by atoms with E-state index in [1.54, 1.807) is 11.8 Å². The molecule has 5 heteroatoms. The van der Waals surface area contributed by atoms with E-state index in [0.717, 1.165) is 17.3 Å². The molecule has 0 radical (unpaired) electrons. The van der Waals surface area contributed by atoms with Crippen molar-refractivity contribution in [2.45, 2.75) is 36.3 Å². The van der Waals surface area contributed by atoms with Gasteiger partial charge in [0.15, 0.2) is 0 Å². The molecule has 0 unspecified atom stereocenters. The Morgan fingerprint density at radius 3 is 2.85 bits per heavy atom. The van der Waals surface area contributed by atoms with Crippen molar-refractivity contribution in [1.29, 1.82) is 0 Å². The number of nitrogens with zero attached hydrogens (tertiary/aromatic N) is 2. The molecule has 3 N–H and O–H groups in total. The lowest BCUT2D eigenvalue weighted by molar-refractivity contribution is 0.930. The van der Waals surface area contributed by atoms with Crippen LogP contribution < -0.4 is 11.3 Å². The highest BCUT2D eigenvalue weighted by molar-refractivity contribution is 7.98. The first-order valence-electron chi connectivity index (χ1n) is 6.78. The molecule has 3 rings (SSSR count). The molecule has 0 spiro atoms. The number of hydrogen-bond donors (Lipinski definition) is 2. The SMILES string of the molecule is Cc1cccc(SCc2nc(NN)cc(C3CC3)n2)c1. The van der Waals surface area contributed by atoms with E-state index in [-0.39, 0.29) is 0 Å². The summed E-state index contributed by atoms with van der Waals surface area (Å²) in [5.74, 6) is 8.41. The van der Waals surface area contributed by atoms with Gasteiger partial charge in [-0.15, -0.1) is 11.8 Å². The van der Waals surface area contributed by atoms with E-state index in [1.807, 2.05) is 6.07 Å². The summed E-state index contributed by atoms with van der Waals surface area (Å²) in [6.07, 6.45) is 2.46. The molecule has 0 saturated heterocycles. The van der Waals surface area contributed by atoms with Gasteiger partial charge in [-0.25, -0.2) is 15.8 Å². The number of hydrogen-bond acceptors (Lipinski definition) is 5. The van der Waals surface area contributed by atoms with Gasteiger partial charge in [0.2, 0.25) is 0 Å². The van der Waals surface area contributed by atoms with E-state index < -0.39 is 0 Å². The highest BCUT2D eigenvalue weighted by atomic mass is 32.2. The maximum atomic E-state index is 5.49. The summed E-state index contributed by atoms with van der Waals surface area (Å²) in [7, 11) is 0. The van der Waals surface area contributed by atoms with Gasteiger partial charge >= 0.3 is 0 Å². The average molecular weight is 286 g/mol. The zero-order valence-corrected chi connectivity index (χ0v) is 12.3. The predicted octanol–water partition coefficient (Wildman–Crippen LogP) is 3.24. The highest BCUT2D eigenvalue weighted by Gasteiger charge is 2.26. The number of nitrogen functional groups attached to an aromatic ring is 1. The van der Waals surface area contributed by atoms with E-state index in [9.17, 15) is 0 Å². The molecule has 1 aromatic carbocycles. The minimum atomic E-state index is 0.604. The molecular formula is C15H18N4S. The van der Waals surface area contributed by atoms with E-state index in [4.69, 9.17) is 5.84 Å². The van der Waals surface area contributed by atoms with Crippen molar-refractivity contribution in [3.05, 3.63) is 47.4 Å². The smallest absolute Gasteiger partial charge is 0.143 e. The molecule has 20 heavy (non-hydrogen) atoms. The molecule has 1 fully saturated rings. The van der Waals surface area contributed by atoms with Crippen LogP contribution in [0.1, 0.15) is 35.8 Å². The fraction of sp³-hybridized carbons (Fsp3) is 0.333. The zero-order valence-electron chi connectivity index (χ0n) is 11.5. The maximum absolute atomic E-state index is 5.49. The molecule has 0 amide bonds. The second-order valence-electron chi connectivity index (χ2n) is 5.12. The van der Waals surface area contributed by atoms with Gasteiger partial charge in [0.25, 0.3) is 0 Å². The molecule has 1 aliphatic rings. The summed E-state index contributed by atoms with van der Waals surface area (Å²) in [4.78, 5) is 10.3. The molecule has 0 bridgehead atoms. The normalized spacial score (nSPS) is 14.3. The molecule has 1 aromatic heterocycles. The number of nitrogens with two attached hydrogens (primary N) is 1. The Morgan fingerprint density at radius 2 is 2.15 bits per heavy atom. The molecule has 4 nitrogen and oxygen atoms in total. The van der Waals surface area contributed by atoms with Crippen LogP contribution in [0.3, 0.4) is 0 Å². The number of aromatic nitrogens is 2. The van der Waals surface area contributed by atoms with Crippen LogP contribution in [0.4, 0.5) is 5.82 Å². The largest absolute Gasteiger partial charge is 0.308 e. The van der Waals surface area contributed by atoms with Gasteiger partial charge in [0.05, 0.1) is 5.75 Å². The second-order valence-corrected chi connectivity index (χ2v) is 6.17. The molecule has 1 heterocycles. The molecule has 0 aliphatic heterocycles. The van der Waals surface area contributed by atoms with E-state index >= 15 is 0 Å². The first-order valence-corrected chi connectivity index (χ1v) is 7.77. The van der Waals surface area contributed by atoms with E-state index in [0.29, 0.717) is 11.7 Å². The minimum Gasteiger partial charge on any atom is -0.308 e. The lowest BCUT2D eigenvalue weighted by Crippen LogP contribution is -2.11. The number of rotatable bonds is 5. The highest BCUT2D eigenvalue weighted by Crippen LogP contribution is 2.39. The van der Waals surface area contributed by atoms with Crippen LogP contribution in [0.5, 0.6) is 0 Å². The zero-order chi connectivity index (χ0) is 13.9. The van der Waals surface area contributed by atoms with Gasteiger partial charge in [0.1, 0.15) is 11.6 Å². The summed E-state index contributed by atoms with van der Waals surface area (Å²) in [5.41, 5.74) is 5.03. The van der Waals surface area contributed by atoms with Gasteiger partial charge in [-0.05, 0) is 31.9 Å². The Morgan fingerprint density at radius 1 is 1.30 bits per heavy atom. The van der Waals surface area contributed by atoms with Crippen molar-refractivity contribution in [3.63, 3.8) is 0 Å². The van der Waals surface area contributed by atoms with Gasteiger partial charge in [-0.1, -0.05) is 17.7 Å². The van der Waals surface area contributed by atoms with Crippen LogP contribution in [0.25, 0.3) is 0 Å². The third kappa shape index (κ3) is 3.29. The van der Waals surface area contributed by atoms with Gasteiger partial charge in [0, 0.05) is 22.6 Å². The number of benzene rings is 1. The van der Waals surface area contributed by atoms with Crippen molar-refractivity contribution in [1.82, 2.24) is 9.97 Å². The summed E-state index contributed by atoms with van der Waals surface area (Å²) < 4.78 is 0. The van der Waals surface area contributed by atoms with Crippen LogP contribution in [0.15, 0.2) is 35.2 Å². The predicted molar refractivity (Wildman–Crippen MR) is 82.6 cm³/mol. The summed E-state index contributed by atoms with van der Waals surface area (Å²) in [6.45, 7) is 2.10. The Hall–Kier alpha value is -1.59. The molecule has 0 atom stereocenters.